The van der Waals surface area contributed by atoms with E-state index in [1.807, 2.05) is 0 Å². The van der Waals surface area contributed by atoms with Crippen molar-refractivity contribution in [3.8, 4) is 5.88 Å². The zero-order chi connectivity index (χ0) is 13.0. The summed E-state index contributed by atoms with van der Waals surface area (Å²) in [5.41, 5.74) is 5.61. The van der Waals surface area contributed by atoms with Crippen LogP contribution in [-0.4, -0.2) is 23.1 Å². The monoisotopic (exact) mass is 251 g/mol. The Morgan fingerprint density at radius 3 is 3.00 bits per heavy atom. The summed E-state index contributed by atoms with van der Waals surface area (Å²) in [5.74, 6) is 0.953. The van der Waals surface area contributed by atoms with Crippen molar-refractivity contribution in [2.24, 2.45) is 17.6 Å². The van der Waals surface area contributed by atoms with E-state index in [0.29, 0.717) is 25.0 Å². The summed E-state index contributed by atoms with van der Waals surface area (Å²) in [6, 6.07) is 2.93. The van der Waals surface area contributed by atoms with Crippen molar-refractivity contribution < 1.29 is 9.66 Å². The van der Waals surface area contributed by atoms with E-state index in [0.717, 1.165) is 19.3 Å². The Bertz CT molecular complexity index is 425. The number of aromatic nitrogens is 1. The predicted molar refractivity (Wildman–Crippen MR) is 66.3 cm³/mol. The molecule has 1 aliphatic rings. The zero-order valence-electron chi connectivity index (χ0n) is 10.1. The summed E-state index contributed by atoms with van der Waals surface area (Å²) in [7, 11) is 0. The topological polar surface area (TPSA) is 91.3 Å². The van der Waals surface area contributed by atoms with Crippen molar-refractivity contribution in [1.82, 2.24) is 4.98 Å². The van der Waals surface area contributed by atoms with E-state index in [4.69, 9.17) is 10.5 Å². The van der Waals surface area contributed by atoms with Crippen molar-refractivity contribution in [2.75, 3.05) is 13.2 Å². The van der Waals surface area contributed by atoms with Crippen LogP contribution in [0.1, 0.15) is 19.3 Å². The smallest absolute Gasteiger partial charge is 0.330 e. The van der Waals surface area contributed by atoms with Gasteiger partial charge in [0.2, 0.25) is 0 Å². The quantitative estimate of drug-likeness (QED) is 0.635. The van der Waals surface area contributed by atoms with Gasteiger partial charge in [-0.05, 0) is 37.3 Å². The van der Waals surface area contributed by atoms with Crippen LogP contribution in [0.4, 0.5) is 5.69 Å². The highest BCUT2D eigenvalue weighted by atomic mass is 16.6. The molecule has 6 nitrogen and oxygen atoms in total. The Labute approximate surface area is 105 Å². The molecular weight excluding hydrogens is 234 g/mol. The van der Waals surface area contributed by atoms with Gasteiger partial charge in [0.05, 0.1) is 11.5 Å². The largest absolute Gasteiger partial charge is 0.473 e. The van der Waals surface area contributed by atoms with Crippen molar-refractivity contribution in [1.29, 1.82) is 0 Å². The first-order valence-corrected chi connectivity index (χ1v) is 6.14. The molecule has 0 aliphatic heterocycles. The molecule has 98 valence electrons. The Kier molecular flexibility index (Phi) is 4.09. The lowest BCUT2D eigenvalue weighted by molar-refractivity contribution is -0.386. The number of nitrogens with two attached hydrogens (primary N) is 1. The molecule has 1 saturated carbocycles. The standard InChI is InChI=1S/C12H17N3O3/c13-7-9-3-1-4-10(9)8-18-12-11(15(16)17)5-2-6-14-12/h2,5-6,9-10H,1,3-4,7-8,13H2. The molecule has 2 rings (SSSR count). The van der Waals surface area contributed by atoms with E-state index in [1.165, 1.54) is 18.3 Å². The highest BCUT2D eigenvalue weighted by molar-refractivity contribution is 5.39. The Balaban J connectivity index is 2.00. The maximum absolute atomic E-state index is 10.8. The average Bonchev–Trinajstić information content (AvgIpc) is 2.84. The van der Waals surface area contributed by atoms with Crippen LogP contribution in [0.25, 0.3) is 0 Å². The number of pyridine rings is 1. The van der Waals surface area contributed by atoms with Crippen LogP contribution < -0.4 is 10.5 Å². The molecule has 1 aliphatic carbocycles. The van der Waals surface area contributed by atoms with Gasteiger partial charge in [-0.25, -0.2) is 4.98 Å². The van der Waals surface area contributed by atoms with Crippen molar-refractivity contribution >= 4 is 5.69 Å². The zero-order valence-corrected chi connectivity index (χ0v) is 10.1. The summed E-state index contributed by atoms with van der Waals surface area (Å²) in [6.45, 7) is 1.11. The Morgan fingerprint density at radius 2 is 2.28 bits per heavy atom. The molecule has 2 unspecified atom stereocenters. The summed E-state index contributed by atoms with van der Waals surface area (Å²) in [5, 5.41) is 10.8. The summed E-state index contributed by atoms with van der Waals surface area (Å²) >= 11 is 0. The minimum absolute atomic E-state index is 0.0835. The molecule has 0 aromatic carbocycles. The lowest BCUT2D eigenvalue weighted by atomic mass is 9.97. The lowest BCUT2D eigenvalue weighted by Crippen LogP contribution is -2.23. The van der Waals surface area contributed by atoms with Gasteiger partial charge in [0.15, 0.2) is 0 Å². The van der Waals surface area contributed by atoms with E-state index in [-0.39, 0.29) is 11.6 Å². The van der Waals surface area contributed by atoms with Gasteiger partial charge in [0, 0.05) is 12.3 Å². The highest BCUT2D eigenvalue weighted by Gasteiger charge is 2.27. The molecule has 0 bridgehead atoms. The minimum atomic E-state index is -0.475. The van der Waals surface area contributed by atoms with E-state index in [2.05, 4.69) is 4.98 Å². The van der Waals surface area contributed by atoms with Crippen molar-refractivity contribution in [2.45, 2.75) is 19.3 Å². The first-order valence-electron chi connectivity index (χ1n) is 6.14. The van der Waals surface area contributed by atoms with Crippen LogP contribution in [0.15, 0.2) is 18.3 Å². The SMILES string of the molecule is NCC1CCCC1COc1ncccc1[N+](=O)[O-]. The molecule has 1 heterocycles. The van der Waals surface area contributed by atoms with Gasteiger partial charge in [-0.3, -0.25) is 10.1 Å². The maximum Gasteiger partial charge on any atom is 0.330 e. The lowest BCUT2D eigenvalue weighted by Gasteiger charge is -2.17. The van der Waals surface area contributed by atoms with Gasteiger partial charge in [-0.15, -0.1) is 0 Å². The molecule has 0 spiro atoms. The van der Waals surface area contributed by atoms with Crippen LogP contribution in [0.5, 0.6) is 5.88 Å². The van der Waals surface area contributed by atoms with Crippen molar-refractivity contribution in [3.63, 3.8) is 0 Å². The van der Waals surface area contributed by atoms with Crippen molar-refractivity contribution in [3.05, 3.63) is 28.4 Å². The maximum atomic E-state index is 10.8. The van der Waals surface area contributed by atoms with E-state index in [9.17, 15) is 10.1 Å². The van der Waals surface area contributed by atoms with Gasteiger partial charge in [0.1, 0.15) is 0 Å². The number of nitrogens with zero attached hydrogens (tertiary/aromatic N) is 2. The van der Waals surface area contributed by atoms with E-state index < -0.39 is 4.92 Å². The van der Waals surface area contributed by atoms with Gasteiger partial charge in [-0.2, -0.15) is 0 Å². The minimum Gasteiger partial charge on any atom is -0.473 e. The fraction of sp³-hybridized carbons (Fsp3) is 0.583. The van der Waals surface area contributed by atoms with Crippen LogP contribution in [0.2, 0.25) is 0 Å². The molecule has 18 heavy (non-hydrogen) atoms. The fourth-order valence-corrected chi connectivity index (χ4v) is 2.46. The fourth-order valence-electron chi connectivity index (χ4n) is 2.46. The van der Waals surface area contributed by atoms with Gasteiger partial charge in [-0.1, -0.05) is 6.42 Å². The summed E-state index contributed by atoms with van der Waals surface area (Å²) < 4.78 is 5.51. The molecule has 2 N–H and O–H groups in total. The molecule has 1 aromatic rings. The van der Waals surface area contributed by atoms with E-state index >= 15 is 0 Å². The number of ether oxygens (including phenoxy) is 1. The number of hydrogen-bond acceptors (Lipinski definition) is 5. The molecule has 1 aromatic heterocycles. The third-order valence-corrected chi connectivity index (χ3v) is 3.50. The number of hydrogen-bond donors (Lipinski definition) is 1. The number of rotatable bonds is 5. The Hall–Kier alpha value is -1.69. The molecule has 6 heteroatoms. The van der Waals surface area contributed by atoms with Crippen LogP contribution in [0.3, 0.4) is 0 Å². The third kappa shape index (κ3) is 2.76. The molecule has 0 amide bonds. The molecule has 0 radical (unpaired) electrons. The second-order valence-electron chi connectivity index (χ2n) is 4.58. The third-order valence-electron chi connectivity index (χ3n) is 3.50. The molecular formula is C12H17N3O3. The second kappa shape index (κ2) is 5.77. The predicted octanol–water partition coefficient (Wildman–Crippen LogP) is 1.74. The summed E-state index contributed by atoms with van der Waals surface area (Å²) in [6.07, 6.45) is 4.84. The van der Waals surface area contributed by atoms with Crippen LogP contribution in [-0.2, 0) is 0 Å². The first-order chi connectivity index (χ1) is 8.72. The second-order valence-corrected chi connectivity index (χ2v) is 4.58. The average molecular weight is 251 g/mol. The molecule has 1 fully saturated rings. The number of nitro groups is 1. The van der Waals surface area contributed by atoms with Gasteiger partial charge >= 0.3 is 5.69 Å². The van der Waals surface area contributed by atoms with Gasteiger partial charge in [0.25, 0.3) is 5.88 Å². The van der Waals surface area contributed by atoms with Crippen LogP contribution >= 0.6 is 0 Å². The first kappa shape index (κ1) is 12.8. The van der Waals surface area contributed by atoms with E-state index in [1.54, 1.807) is 0 Å². The molecule has 0 saturated heterocycles. The molecule has 2 atom stereocenters. The summed E-state index contributed by atoms with van der Waals surface area (Å²) in [4.78, 5) is 14.2. The highest BCUT2D eigenvalue weighted by Crippen LogP contribution is 2.32. The van der Waals surface area contributed by atoms with Crippen LogP contribution in [0, 0.1) is 22.0 Å². The Morgan fingerprint density at radius 1 is 1.50 bits per heavy atom. The normalized spacial score (nSPS) is 22.9. The van der Waals surface area contributed by atoms with Gasteiger partial charge < -0.3 is 10.5 Å².